The summed E-state index contributed by atoms with van der Waals surface area (Å²) in [6.45, 7) is 0.515. The van der Waals surface area contributed by atoms with E-state index < -0.39 is 6.08 Å². The highest BCUT2D eigenvalue weighted by Gasteiger charge is 2.26. The number of anilines is 1. The number of fused-ring (bicyclic) bond motifs is 1. The molecular weight excluding hydrogens is 309 g/mol. The first-order valence-electron chi connectivity index (χ1n) is 7.90. The maximum Gasteiger partial charge on any atom is 0.312 e. The third-order valence-electron chi connectivity index (χ3n) is 4.31. The molecule has 4 rings (SSSR count). The highest BCUT2D eigenvalue weighted by Crippen LogP contribution is 2.30. The Balaban J connectivity index is 1.66. The second kappa shape index (κ2) is 5.99. The minimum atomic E-state index is -0.802. The molecule has 6 nitrogen and oxygen atoms in total. The lowest BCUT2D eigenvalue weighted by Crippen LogP contribution is -2.08. The molecule has 1 atom stereocenters. The van der Waals surface area contributed by atoms with Crippen LogP contribution in [-0.4, -0.2) is 25.3 Å². The first kappa shape index (κ1) is 14.7. The van der Waals surface area contributed by atoms with Crippen molar-refractivity contribution in [2.75, 3.05) is 5.32 Å². The summed E-state index contributed by atoms with van der Waals surface area (Å²) in [6.07, 6.45) is 2.56. The number of hydrogen-bond donors (Lipinski definition) is 1. The maximum absolute atomic E-state index is 13.9. The van der Waals surface area contributed by atoms with Gasteiger partial charge in [0.15, 0.2) is 17.0 Å². The number of Topliss-reactive ketones (excluding diaryl/α,β-unsaturated/α-hetero) is 1. The smallest absolute Gasteiger partial charge is 0.312 e. The quantitative estimate of drug-likeness (QED) is 0.747. The lowest BCUT2D eigenvalue weighted by atomic mass is 10.2. The molecule has 7 heteroatoms. The van der Waals surface area contributed by atoms with Gasteiger partial charge in [0.05, 0.1) is 6.33 Å². The van der Waals surface area contributed by atoms with Gasteiger partial charge in [0.1, 0.15) is 5.78 Å². The van der Waals surface area contributed by atoms with Gasteiger partial charge in [-0.1, -0.05) is 30.3 Å². The van der Waals surface area contributed by atoms with Crippen molar-refractivity contribution in [2.45, 2.75) is 31.8 Å². The van der Waals surface area contributed by atoms with Crippen molar-refractivity contribution in [2.24, 2.45) is 0 Å². The van der Waals surface area contributed by atoms with Crippen LogP contribution in [0.25, 0.3) is 11.2 Å². The predicted molar refractivity (Wildman–Crippen MR) is 86.9 cm³/mol. The first-order valence-corrected chi connectivity index (χ1v) is 7.90. The second-order valence-corrected chi connectivity index (χ2v) is 5.94. The van der Waals surface area contributed by atoms with E-state index in [9.17, 15) is 9.18 Å². The molecule has 0 radical (unpaired) electrons. The number of carbonyl (C=O) groups is 1. The third kappa shape index (κ3) is 2.73. The van der Waals surface area contributed by atoms with E-state index in [1.54, 1.807) is 10.9 Å². The number of rotatable bonds is 4. The zero-order valence-corrected chi connectivity index (χ0v) is 12.9. The molecule has 0 aliphatic heterocycles. The average Bonchev–Trinajstić information content (AvgIpc) is 3.19. The highest BCUT2D eigenvalue weighted by atomic mass is 19.1. The van der Waals surface area contributed by atoms with Crippen molar-refractivity contribution in [3.8, 4) is 0 Å². The Hall–Kier alpha value is -2.83. The Morgan fingerprint density at radius 1 is 1.25 bits per heavy atom. The van der Waals surface area contributed by atoms with Crippen molar-refractivity contribution >= 4 is 22.8 Å². The molecule has 0 bridgehead atoms. The van der Waals surface area contributed by atoms with Gasteiger partial charge in [0, 0.05) is 25.4 Å². The van der Waals surface area contributed by atoms with E-state index in [-0.39, 0.29) is 11.8 Å². The van der Waals surface area contributed by atoms with E-state index in [1.807, 2.05) is 30.3 Å². The maximum atomic E-state index is 13.9. The van der Waals surface area contributed by atoms with Crippen LogP contribution >= 0.6 is 0 Å². The number of imidazole rings is 1. The van der Waals surface area contributed by atoms with E-state index in [2.05, 4.69) is 20.3 Å². The van der Waals surface area contributed by atoms with Gasteiger partial charge >= 0.3 is 6.08 Å². The number of nitrogens with one attached hydrogen (secondary N) is 1. The van der Waals surface area contributed by atoms with Crippen LogP contribution in [0.4, 0.5) is 10.2 Å². The minimum absolute atomic E-state index is 0.00114. The molecule has 24 heavy (non-hydrogen) atoms. The summed E-state index contributed by atoms with van der Waals surface area (Å²) in [4.78, 5) is 23.6. The summed E-state index contributed by atoms with van der Waals surface area (Å²) >= 11 is 0. The Bertz CT molecular complexity index is 893. The van der Waals surface area contributed by atoms with E-state index in [0.717, 1.165) is 12.0 Å². The van der Waals surface area contributed by atoms with E-state index in [0.29, 0.717) is 36.4 Å². The van der Waals surface area contributed by atoms with Gasteiger partial charge in [0.25, 0.3) is 0 Å². The van der Waals surface area contributed by atoms with E-state index in [1.165, 1.54) is 0 Å². The van der Waals surface area contributed by atoms with Crippen LogP contribution in [0.5, 0.6) is 0 Å². The summed E-state index contributed by atoms with van der Waals surface area (Å²) in [6, 6.07) is 9.78. The van der Waals surface area contributed by atoms with Crippen molar-refractivity contribution < 1.29 is 9.18 Å². The average molecular weight is 325 g/mol. The molecule has 1 saturated carbocycles. The molecule has 0 saturated heterocycles. The summed E-state index contributed by atoms with van der Waals surface area (Å²) in [7, 11) is 0. The van der Waals surface area contributed by atoms with E-state index >= 15 is 0 Å². The van der Waals surface area contributed by atoms with Gasteiger partial charge < -0.3 is 9.88 Å². The Kier molecular flexibility index (Phi) is 3.68. The molecule has 1 aliphatic rings. The van der Waals surface area contributed by atoms with Gasteiger partial charge in [-0.25, -0.2) is 4.98 Å². The standard InChI is InChI=1S/C17H16FN5O/c18-17-21-15(19-9-11-4-2-1-3-5-11)14-16(22-17)23(10-20-14)12-6-7-13(24)8-12/h1-5,10,12H,6-9H2,(H,19,21,22). The first-order chi connectivity index (χ1) is 11.7. The van der Waals surface area contributed by atoms with Gasteiger partial charge in [0.2, 0.25) is 0 Å². The molecule has 0 amide bonds. The van der Waals surface area contributed by atoms with Crippen LogP contribution in [0.2, 0.25) is 0 Å². The topological polar surface area (TPSA) is 72.7 Å². The van der Waals surface area contributed by atoms with Crippen LogP contribution in [0.15, 0.2) is 36.7 Å². The van der Waals surface area contributed by atoms with Crippen molar-refractivity contribution in [3.63, 3.8) is 0 Å². The van der Waals surface area contributed by atoms with Crippen LogP contribution in [0.3, 0.4) is 0 Å². The lowest BCUT2D eigenvalue weighted by Gasteiger charge is -2.11. The Morgan fingerprint density at radius 2 is 2.08 bits per heavy atom. The molecule has 1 aliphatic carbocycles. The normalized spacial score (nSPS) is 17.5. The minimum Gasteiger partial charge on any atom is -0.364 e. The van der Waals surface area contributed by atoms with E-state index in [4.69, 9.17) is 0 Å². The highest BCUT2D eigenvalue weighted by molar-refractivity contribution is 5.84. The van der Waals surface area contributed by atoms with Crippen molar-refractivity contribution in [1.29, 1.82) is 0 Å². The van der Waals surface area contributed by atoms with Crippen LogP contribution in [0, 0.1) is 6.08 Å². The zero-order valence-electron chi connectivity index (χ0n) is 12.9. The number of carbonyl (C=O) groups excluding carboxylic acids is 1. The molecule has 122 valence electrons. The molecule has 0 spiro atoms. The van der Waals surface area contributed by atoms with Crippen LogP contribution in [-0.2, 0) is 11.3 Å². The molecular formula is C17H16FN5O. The summed E-state index contributed by atoms with van der Waals surface area (Å²) in [5.41, 5.74) is 2.01. The lowest BCUT2D eigenvalue weighted by molar-refractivity contribution is -0.117. The van der Waals surface area contributed by atoms with Gasteiger partial charge in [-0.15, -0.1) is 0 Å². The molecule has 2 aromatic heterocycles. The summed E-state index contributed by atoms with van der Waals surface area (Å²) in [5.74, 6) is 0.586. The Labute approximate surface area is 137 Å². The van der Waals surface area contributed by atoms with Gasteiger partial charge in [-0.2, -0.15) is 14.4 Å². The Morgan fingerprint density at radius 3 is 2.83 bits per heavy atom. The molecule has 1 aromatic carbocycles. The third-order valence-corrected chi connectivity index (χ3v) is 4.31. The largest absolute Gasteiger partial charge is 0.364 e. The predicted octanol–water partition coefficient (Wildman–Crippen LogP) is 2.87. The monoisotopic (exact) mass is 325 g/mol. The number of hydrogen-bond acceptors (Lipinski definition) is 5. The van der Waals surface area contributed by atoms with Crippen LogP contribution < -0.4 is 5.32 Å². The fourth-order valence-electron chi connectivity index (χ4n) is 3.09. The number of ketones is 1. The zero-order chi connectivity index (χ0) is 16.5. The van der Waals surface area contributed by atoms with Gasteiger partial charge in [-0.3, -0.25) is 4.79 Å². The van der Waals surface area contributed by atoms with Crippen LogP contribution in [0.1, 0.15) is 30.9 Å². The molecule has 1 N–H and O–H groups in total. The molecule has 1 fully saturated rings. The fraction of sp³-hybridized carbons (Fsp3) is 0.294. The summed E-state index contributed by atoms with van der Waals surface area (Å²) < 4.78 is 15.7. The van der Waals surface area contributed by atoms with Crippen molar-refractivity contribution in [3.05, 3.63) is 48.3 Å². The van der Waals surface area contributed by atoms with Crippen molar-refractivity contribution in [1.82, 2.24) is 19.5 Å². The molecule has 1 unspecified atom stereocenters. The molecule has 3 aromatic rings. The summed E-state index contributed by atoms with van der Waals surface area (Å²) in [5, 5.41) is 3.12. The second-order valence-electron chi connectivity index (χ2n) is 5.94. The molecule has 2 heterocycles. The number of halogens is 1. The fourth-order valence-corrected chi connectivity index (χ4v) is 3.09. The number of aromatic nitrogens is 4. The number of nitrogens with zero attached hydrogens (tertiary/aromatic N) is 4. The SMILES string of the molecule is O=C1CCC(n2cnc3c(NCc4ccccc4)nc(F)nc32)C1. The van der Waals surface area contributed by atoms with Gasteiger partial charge in [-0.05, 0) is 12.0 Å². The number of benzene rings is 1.